The summed E-state index contributed by atoms with van der Waals surface area (Å²) in [6.45, 7) is 3.08. The Hall–Kier alpha value is -1.69. The van der Waals surface area contributed by atoms with Gasteiger partial charge in [0.25, 0.3) is 0 Å². The maximum Gasteiger partial charge on any atom is 0.234 e. The third-order valence-electron chi connectivity index (χ3n) is 4.96. The van der Waals surface area contributed by atoms with Crippen LogP contribution in [-0.4, -0.2) is 49.6 Å². The van der Waals surface area contributed by atoms with Crippen molar-refractivity contribution in [1.29, 1.82) is 0 Å². The molecule has 2 aliphatic rings. The molecule has 1 aromatic carbocycles. The lowest BCUT2D eigenvalue weighted by Crippen LogP contribution is -2.50. The predicted molar refractivity (Wildman–Crippen MR) is 90.0 cm³/mol. The largest absolute Gasteiger partial charge is 0.367 e. The quantitative estimate of drug-likeness (QED) is 0.917. The lowest BCUT2D eigenvalue weighted by Gasteiger charge is -2.36. The van der Waals surface area contributed by atoms with Crippen LogP contribution in [0.2, 0.25) is 0 Å². The zero-order valence-electron chi connectivity index (χ0n) is 13.9. The first-order chi connectivity index (χ1) is 11.6. The fraction of sp³-hybridized carbons (Fsp3) is 0.611. The zero-order valence-corrected chi connectivity index (χ0v) is 13.9. The predicted octanol–water partition coefficient (Wildman–Crippen LogP) is 2.54. The van der Waals surface area contributed by atoms with E-state index in [0.29, 0.717) is 44.5 Å². The number of benzene rings is 1. The van der Waals surface area contributed by atoms with Crippen molar-refractivity contribution in [3.05, 3.63) is 29.8 Å². The van der Waals surface area contributed by atoms with Gasteiger partial charge in [0.05, 0.1) is 12.2 Å². The van der Waals surface area contributed by atoms with Gasteiger partial charge in [-0.15, -0.1) is 0 Å². The number of nitrogens with one attached hydrogen (secondary N) is 1. The fourth-order valence-electron chi connectivity index (χ4n) is 3.61. The van der Waals surface area contributed by atoms with E-state index in [1.807, 2.05) is 4.90 Å². The zero-order chi connectivity index (χ0) is 16.9. The molecular weight excluding hydrogens is 312 g/mol. The maximum absolute atomic E-state index is 13.8. The van der Waals surface area contributed by atoms with Crippen molar-refractivity contribution in [1.82, 2.24) is 10.2 Å². The van der Waals surface area contributed by atoms with Crippen LogP contribution in [0.3, 0.4) is 0 Å². The van der Waals surface area contributed by atoms with Crippen molar-refractivity contribution in [2.75, 3.05) is 37.6 Å². The molecule has 1 aliphatic carbocycles. The van der Waals surface area contributed by atoms with Crippen LogP contribution in [0.1, 0.15) is 32.1 Å². The van der Waals surface area contributed by atoms with E-state index in [1.54, 1.807) is 0 Å². The van der Waals surface area contributed by atoms with E-state index in [4.69, 9.17) is 0 Å². The van der Waals surface area contributed by atoms with Crippen LogP contribution in [-0.2, 0) is 4.79 Å². The molecule has 4 nitrogen and oxygen atoms in total. The Balaban J connectivity index is 1.45. The number of piperazine rings is 1. The third-order valence-corrected chi connectivity index (χ3v) is 4.96. The van der Waals surface area contributed by atoms with Gasteiger partial charge in [-0.2, -0.15) is 0 Å². The number of rotatable bonds is 4. The van der Waals surface area contributed by atoms with Crippen LogP contribution in [0, 0.1) is 11.6 Å². The van der Waals surface area contributed by atoms with Gasteiger partial charge in [-0.3, -0.25) is 9.69 Å². The van der Waals surface area contributed by atoms with Gasteiger partial charge >= 0.3 is 0 Å². The summed E-state index contributed by atoms with van der Waals surface area (Å²) >= 11 is 0. The Kier molecular flexibility index (Phi) is 5.66. The third kappa shape index (κ3) is 4.44. The van der Waals surface area contributed by atoms with E-state index in [-0.39, 0.29) is 5.91 Å². The molecule has 1 N–H and O–H groups in total. The SMILES string of the molecule is O=C(CN1CCN(c2ccc(F)cc2F)CC1)NC1CCCCC1. The van der Waals surface area contributed by atoms with Gasteiger partial charge in [-0.1, -0.05) is 19.3 Å². The number of hydrogen-bond donors (Lipinski definition) is 1. The first-order valence-electron chi connectivity index (χ1n) is 8.83. The second-order valence-electron chi connectivity index (χ2n) is 6.76. The number of carbonyl (C=O) groups excluding carboxylic acids is 1. The van der Waals surface area contributed by atoms with Crippen LogP contribution in [0.5, 0.6) is 0 Å². The van der Waals surface area contributed by atoms with E-state index in [0.717, 1.165) is 18.9 Å². The van der Waals surface area contributed by atoms with E-state index in [9.17, 15) is 13.6 Å². The highest BCUT2D eigenvalue weighted by molar-refractivity contribution is 5.78. The molecule has 0 bridgehead atoms. The Morgan fingerprint density at radius 3 is 2.46 bits per heavy atom. The molecule has 1 saturated heterocycles. The van der Waals surface area contributed by atoms with Crippen molar-refractivity contribution in [3.8, 4) is 0 Å². The summed E-state index contributed by atoms with van der Waals surface area (Å²) in [7, 11) is 0. The van der Waals surface area contributed by atoms with E-state index in [2.05, 4.69) is 10.2 Å². The molecule has 1 aromatic rings. The molecular formula is C18H25F2N3O. The molecule has 0 spiro atoms. The van der Waals surface area contributed by atoms with E-state index >= 15 is 0 Å². The number of carbonyl (C=O) groups is 1. The lowest BCUT2D eigenvalue weighted by atomic mass is 9.95. The average molecular weight is 337 g/mol. The van der Waals surface area contributed by atoms with E-state index in [1.165, 1.54) is 31.4 Å². The van der Waals surface area contributed by atoms with Gasteiger partial charge in [-0.25, -0.2) is 8.78 Å². The van der Waals surface area contributed by atoms with Gasteiger partial charge in [0.2, 0.25) is 5.91 Å². The molecule has 0 unspecified atom stereocenters. The molecule has 1 amide bonds. The summed E-state index contributed by atoms with van der Waals surface area (Å²) in [5.41, 5.74) is 0.433. The summed E-state index contributed by atoms with van der Waals surface area (Å²) in [4.78, 5) is 16.2. The van der Waals surface area contributed by atoms with Gasteiger partial charge in [0.15, 0.2) is 0 Å². The monoisotopic (exact) mass is 337 g/mol. The van der Waals surface area contributed by atoms with Crippen LogP contribution >= 0.6 is 0 Å². The summed E-state index contributed by atoms with van der Waals surface area (Å²) < 4.78 is 26.8. The Morgan fingerprint density at radius 2 is 1.79 bits per heavy atom. The van der Waals surface area contributed by atoms with E-state index < -0.39 is 11.6 Å². The van der Waals surface area contributed by atoms with Crippen molar-refractivity contribution in [2.45, 2.75) is 38.1 Å². The topological polar surface area (TPSA) is 35.6 Å². The summed E-state index contributed by atoms with van der Waals surface area (Å²) in [6, 6.07) is 4.01. The van der Waals surface area contributed by atoms with Crippen molar-refractivity contribution < 1.29 is 13.6 Å². The smallest absolute Gasteiger partial charge is 0.234 e. The highest BCUT2D eigenvalue weighted by Crippen LogP contribution is 2.21. The van der Waals surface area contributed by atoms with Crippen molar-refractivity contribution in [3.63, 3.8) is 0 Å². The van der Waals surface area contributed by atoms with Crippen LogP contribution < -0.4 is 10.2 Å². The number of amides is 1. The van der Waals surface area contributed by atoms with Gasteiger partial charge < -0.3 is 10.2 Å². The highest BCUT2D eigenvalue weighted by atomic mass is 19.1. The Morgan fingerprint density at radius 1 is 1.08 bits per heavy atom. The van der Waals surface area contributed by atoms with Crippen molar-refractivity contribution in [2.24, 2.45) is 0 Å². The molecule has 2 fully saturated rings. The minimum Gasteiger partial charge on any atom is -0.367 e. The molecule has 0 aromatic heterocycles. The van der Waals surface area contributed by atoms with Gasteiger partial charge in [0.1, 0.15) is 11.6 Å². The molecule has 0 radical (unpaired) electrons. The van der Waals surface area contributed by atoms with Crippen LogP contribution in [0.25, 0.3) is 0 Å². The maximum atomic E-state index is 13.8. The summed E-state index contributed by atoms with van der Waals surface area (Å²) in [5, 5.41) is 3.13. The molecule has 6 heteroatoms. The number of hydrogen-bond acceptors (Lipinski definition) is 3. The second-order valence-corrected chi connectivity index (χ2v) is 6.76. The molecule has 3 rings (SSSR count). The minimum atomic E-state index is -0.561. The number of anilines is 1. The van der Waals surface area contributed by atoms with Gasteiger partial charge in [-0.05, 0) is 25.0 Å². The molecule has 1 saturated carbocycles. The summed E-state index contributed by atoms with van der Waals surface area (Å²) in [6.07, 6.45) is 5.85. The normalized spacial score (nSPS) is 20.2. The number of halogens is 2. The first kappa shape index (κ1) is 17.1. The van der Waals surface area contributed by atoms with Crippen molar-refractivity contribution >= 4 is 11.6 Å². The first-order valence-corrected chi connectivity index (χ1v) is 8.83. The van der Waals surface area contributed by atoms with Crippen LogP contribution in [0.4, 0.5) is 14.5 Å². The Bertz CT molecular complexity index is 567. The molecule has 24 heavy (non-hydrogen) atoms. The molecule has 132 valence electrons. The molecule has 1 heterocycles. The Labute approximate surface area is 141 Å². The highest BCUT2D eigenvalue weighted by Gasteiger charge is 2.22. The average Bonchev–Trinajstić information content (AvgIpc) is 2.57. The standard InChI is InChI=1S/C18H25F2N3O/c19-14-6-7-17(16(20)12-14)23-10-8-22(9-11-23)13-18(24)21-15-4-2-1-3-5-15/h6-7,12,15H,1-5,8-11,13H2,(H,21,24). The molecule has 1 aliphatic heterocycles. The van der Waals surface area contributed by atoms with Crippen LogP contribution in [0.15, 0.2) is 18.2 Å². The summed E-state index contributed by atoms with van der Waals surface area (Å²) in [5.74, 6) is -1.00. The lowest BCUT2D eigenvalue weighted by molar-refractivity contribution is -0.123. The number of nitrogens with zero attached hydrogens (tertiary/aromatic N) is 2. The van der Waals surface area contributed by atoms with Gasteiger partial charge in [0, 0.05) is 38.3 Å². The molecule has 0 atom stereocenters. The fourth-order valence-corrected chi connectivity index (χ4v) is 3.61. The minimum absolute atomic E-state index is 0.0864. The second kappa shape index (κ2) is 7.92.